The molecule has 0 spiro atoms. The van der Waals surface area contributed by atoms with Gasteiger partial charge in [0.15, 0.2) is 6.10 Å². The maximum Gasteiger partial charge on any atom is 0.156 e. The first-order valence-electron chi connectivity index (χ1n) is 8.74. The highest BCUT2D eigenvalue weighted by atomic mass is 127. The molecule has 0 fully saturated rings. The van der Waals surface area contributed by atoms with Gasteiger partial charge < -0.3 is 4.74 Å². The van der Waals surface area contributed by atoms with Gasteiger partial charge in [-0.2, -0.15) is 0 Å². The first-order valence-corrected chi connectivity index (χ1v) is 13.0. The fraction of sp³-hybridized carbons (Fsp3) is 0.300. The van der Waals surface area contributed by atoms with Gasteiger partial charge in [-0.1, -0.05) is 61.1 Å². The van der Waals surface area contributed by atoms with E-state index < -0.39 is 0 Å². The molecule has 0 radical (unpaired) electrons. The second-order valence-electron chi connectivity index (χ2n) is 6.27. The summed E-state index contributed by atoms with van der Waals surface area (Å²) in [6.07, 6.45) is -0.0728. The zero-order chi connectivity index (χ0) is 19.1. The molecule has 2 unspecified atom stereocenters. The quantitative estimate of drug-likeness (QED) is 0.322. The lowest BCUT2D eigenvalue weighted by Crippen LogP contribution is -2.29. The van der Waals surface area contributed by atoms with Crippen LogP contribution in [0, 0.1) is 7.14 Å². The Hall–Kier alpha value is 0.390. The van der Waals surface area contributed by atoms with E-state index in [9.17, 15) is 0 Å². The zero-order valence-corrected chi connectivity index (χ0v) is 21.5. The average molecular weight is 642 g/mol. The van der Waals surface area contributed by atoms with Gasteiger partial charge in [0.05, 0.1) is 3.57 Å². The summed E-state index contributed by atoms with van der Waals surface area (Å²) in [5.41, 5.74) is 2.39. The molecule has 7 heteroatoms. The monoisotopic (exact) mass is 641 g/mol. The Morgan fingerprint density at radius 1 is 1.07 bits per heavy atom. The molecule has 0 N–H and O–H groups in total. The molecule has 2 aliphatic heterocycles. The number of rotatable bonds is 4. The van der Waals surface area contributed by atoms with Gasteiger partial charge in [0.25, 0.3) is 0 Å². The number of fused-ring (bicyclic) bond motifs is 2. The average Bonchev–Trinajstić information content (AvgIpc) is 3.08. The molecule has 142 valence electrons. The van der Waals surface area contributed by atoms with Gasteiger partial charge in [-0.15, -0.1) is 0 Å². The van der Waals surface area contributed by atoms with Crippen molar-refractivity contribution in [2.75, 3.05) is 13.1 Å². The van der Waals surface area contributed by atoms with Crippen molar-refractivity contribution in [2.45, 2.75) is 24.7 Å². The summed E-state index contributed by atoms with van der Waals surface area (Å²) in [6.45, 7) is 6.56. The van der Waals surface area contributed by atoms with E-state index in [0.29, 0.717) is 4.71 Å². The van der Waals surface area contributed by atoms with E-state index in [-0.39, 0.29) is 6.10 Å². The molecule has 2 aliphatic rings. The van der Waals surface area contributed by atoms with Crippen molar-refractivity contribution in [3.05, 3.63) is 64.6 Å². The van der Waals surface area contributed by atoms with Crippen LogP contribution in [0.3, 0.4) is 0 Å². The van der Waals surface area contributed by atoms with Crippen LogP contribution in [0.5, 0.6) is 5.75 Å². The Labute approximate surface area is 201 Å². The topological polar surface area (TPSA) is 12.5 Å². The molecule has 0 amide bonds. The number of benzene rings is 2. The lowest BCUT2D eigenvalue weighted by Gasteiger charge is -2.28. The molecule has 0 aliphatic carbocycles. The molecule has 27 heavy (non-hydrogen) atoms. The minimum absolute atomic E-state index is 0.0728. The number of halogens is 3. The number of ether oxygens (including phenoxy) is 1. The fourth-order valence-corrected chi connectivity index (χ4v) is 8.79. The second kappa shape index (κ2) is 8.63. The van der Waals surface area contributed by atoms with Gasteiger partial charge in [-0.25, -0.2) is 0 Å². The number of hydrogen-bond donors (Lipinski definition) is 0. The van der Waals surface area contributed by atoms with Gasteiger partial charge in [-0.05, 0) is 88.1 Å². The normalized spacial score (nSPS) is 21.3. The first kappa shape index (κ1) is 20.7. The summed E-state index contributed by atoms with van der Waals surface area (Å²) in [6, 6.07) is 12.5. The van der Waals surface area contributed by atoms with E-state index in [0.717, 1.165) is 33.0 Å². The molecule has 0 bridgehead atoms. The largest absolute Gasteiger partial charge is 0.479 e. The van der Waals surface area contributed by atoms with Crippen LogP contribution in [0.15, 0.2) is 41.3 Å². The van der Waals surface area contributed by atoms with Gasteiger partial charge in [0, 0.05) is 24.0 Å². The molecule has 0 aromatic heterocycles. The van der Waals surface area contributed by atoms with Crippen LogP contribution in [-0.2, 0) is 0 Å². The van der Waals surface area contributed by atoms with Crippen LogP contribution in [0.25, 0.3) is 4.91 Å². The third-order valence-electron chi connectivity index (χ3n) is 4.68. The van der Waals surface area contributed by atoms with Crippen LogP contribution >= 0.6 is 80.3 Å². The Bertz CT molecular complexity index is 900. The van der Waals surface area contributed by atoms with Crippen molar-refractivity contribution < 1.29 is 4.74 Å². The van der Waals surface area contributed by atoms with E-state index in [1.165, 1.54) is 18.9 Å². The molecule has 2 heterocycles. The van der Waals surface area contributed by atoms with Crippen LogP contribution in [0.2, 0.25) is 5.02 Å². The van der Waals surface area contributed by atoms with Crippen LogP contribution < -0.4 is 4.74 Å². The van der Waals surface area contributed by atoms with Gasteiger partial charge in [-0.3, -0.25) is 4.90 Å². The Kier molecular flexibility index (Phi) is 6.60. The predicted molar refractivity (Wildman–Crippen MR) is 136 cm³/mol. The van der Waals surface area contributed by atoms with Crippen LogP contribution in [0.1, 0.15) is 31.1 Å². The standard InChI is InChI=1S/C20H18ClI2NOS2/c1-3-24(4-2)20-26-18-14-9-13(22)10-15(23)17(14)25-16(19(18)27-20)11-5-7-12(21)8-6-11/h5-10,16,20H,3-4H2,1-2H3. The molecule has 2 nitrogen and oxygen atoms in total. The van der Waals surface area contributed by atoms with Gasteiger partial charge in [0.2, 0.25) is 0 Å². The van der Waals surface area contributed by atoms with E-state index in [4.69, 9.17) is 16.3 Å². The van der Waals surface area contributed by atoms with Gasteiger partial charge in [0.1, 0.15) is 10.5 Å². The van der Waals surface area contributed by atoms with Gasteiger partial charge >= 0.3 is 0 Å². The minimum Gasteiger partial charge on any atom is -0.479 e. The molecule has 2 atom stereocenters. The second-order valence-corrected chi connectivity index (χ2v) is 11.6. The van der Waals surface area contributed by atoms with Crippen LogP contribution in [-0.4, -0.2) is 22.7 Å². The summed E-state index contributed by atoms with van der Waals surface area (Å²) in [5, 5.41) is 0.753. The summed E-state index contributed by atoms with van der Waals surface area (Å²) in [5.74, 6) is 1.00. The molecule has 4 rings (SSSR count). The minimum atomic E-state index is -0.0728. The third-order valence-corrected chi connectivity index (χ3v) is 9.41. The van der Waals surface area contributed by atoms with Crippen molar-refractivity contribution >= 4 is 85.2 Å². The summed E-state index contributed by atoms with van der Waals surface area (Å²) in [4.78, 5) is 5.20. The van der Waals surface area contributed by atoms with Crippen molar-refractivity contribution in [1.29, 1.82) is 0 Å². The predicted octanol–water partition coefficient (Wildman–Crippen LogP) is 7.46. The zero-order valence-electron chi connectivity index (χ0n) is 14.8. The third kappa shape index (κ3) is 4.03. The molecule has 0 saturated carbocycles. The molecular formula is C20H18ClI2NOS2. The smallest absolute Gasteiger partial charge is 0.156 e. The lowest BCUT2D eigenvalue weighted by molar-refractivity contribution is 0.245. The maximum atomic E-state index is 6.59. The summed E-state index contributed by atoms with van der Waals surface area (Å²) in [7, 11) is 0. The highest BCUT2D eigenvalue weighted by molar-refractivity contribution is 14.1. The molecule has 0 saturated heterocycles. The highest BCUT2D eigenvalue weighted by Crippen LogP contribution is 2.60. The fourth-order valence-electron chi connectivity index (χ4n) is 3.27. The van der Waals surface area contributed by atoms with E-state index in [1.54, 1.807) is 0 Å². The number of nitrogens with zero attached hydrogens (tertiary/aromatic N) is 1. The summed E-state index contributed by atoms with van der Waals surface area (Å²) >= 11 is 14.8. The number of hydrogen-bond acceptors (Lipinski definition) is 4. The Morgan fingerprint density at radius 2 is 1.78 bits per heavy atom. The van der Waals surface area contributed by atoms with E-state index in [1.807, 2.05) is 35.7 Å². The van der Waals surface area contributed by atoms with Crippen molar-refractivity contribution in [3.8, 4) is 5.75 Å². The SMILES string of the molecule is CCN(CC)C1SC2=C(S1)C(c1ccc(Cl)cc1)Oc1c(I)cc(I)cc12. The molecular weight excluding hydrogens is 624 g/mol. The summed E-state index contributed by atoms with van der Waals surface area (Å²) < 4.78 is 9.39. The maximum absolute atomic E-state index is 6.59. The highest BCUT2D eigenvalue weighted by Gasteiger charge is 2.40. The molecule has 2 aromatic rings. The van der Waals surface area contributed by atoms with E-state index >= 15 is 0 Å². The van der Waals surface area contributed by atoms with Crippen molar-refractivity contribution in [2.24, 2.45) is 0 Å². The Morgan fingerprint density at radius 3 is 2.44 bits per heavy atom. The molecule has 2 aromatic carbocycles. The number of thioether (sulfide) groups is 2. The van der Waals surface area contributed by atoms with Crippen molar-refractivity contribution in [1.82, 2.24) is 4.90 Å². The first-order chi connectivity index (χ1) is 13.0. The van der Waals surface area contributed by atoms with Crippen molar-refractivity contribution in [3.63, 3.8) is 0 Å². The van der Waals surface area contributed by atoms with Crippen LogP contribution in [0.4, 0.5) is 0 Å². The Balaban J connectivity index is 1.81. The van der Waals surface area contributed by atoms with E-state index in [2.05, 4.69) is 88.2 Å². The lowest BCUT2D eigenvalue weighted by atomic mass is 10.0.